The standard InChI is InChI=1S/C5H11BrO3S/c1-2-10(7,8)9-5-3-4-6/h2-5H2,1H3. The number of hydrogen-bond acceptors (Lipinski definition) is 3. The lowest BCUT2D eigenvalue weighted by Crippen LogP contribution is -2.09. The molecule has 0 unspecified atom stereocenters. The zero-order valence-corrected chi connectivity index (χ0v) is 8.24. The quantitative estimate of drug-likeness (QED) is 0.405. The van der Waals surface area contributed by atoms with Gasteiger partial charge < -0.3 is 0 Å². The first kappa shape index (κ1) is 10.4. The second kappa shape index (κ2) is 5.09. The van der Waals surface area contributed by atoms with Gasteiger partial charge in [0.05, 0.1) is 12.4 Å². The predicted molar refractivity (Wildman–Crippen MR) is 43.8 cm³/mol. The summed E-state index contributed by atoms with van der Waals surface area (Å²) in [6.07, 6.45) is 0.721. The number of alkyl halides is 1. The van der Waals surface area contributed by atoms with Crippen LogP contribution in [0.25, 0.3) is 0 Å². The lowest BCUT2D eigenvalue weighted by atomic mass is 10.5. The third-order valence-corrected chi connectivity index (χ3v) is 2.69. The molecule has 0 saturated heterocycles. The van der Waals surface area contributed by atoms with Crippen LogP contribution in [0.2, 0.25) is 0 Å². The maximum atomic E-state index is 10.6. The Morgan fingerprint density at radius 2 is 2.10 bits per heavy atom. The Kier molecular flexibility index (Phi) is 5.29. The Bertz CT molecular complexity index is 164. The highest BCUT2D eigenvalue weighted by atomic mass is 79.9. The van der Waals surface area contributed by atoms with E-state index in [2.05, 4.69) is 20.1 Å². The van der Waals surface area contributed by atoms with Gasteiger partial charge in [0, 0.05) is 5.33 Å². The maximum Gasteiger partial charge on any atom is 0.267 e. The number of hydrogen-bond donors (Lipinski definition) is 0. The summed E-state index contributed by atoms with van der Waals surface area (Å²) < 4.78 is 25.8. The van der Waals surface area contributed by atoms with Crippen LogP contribution in [-0.4, -0.2) is 26.1 Å². The molecule has 5 heteroatoms. The topological polar surface area (TPSA) is 43.4 Å². The van der Waals surface area contributed by atoms with Gasteiger partial charge in [-0.15, -0.1) is 0 Å². The van der Waals surface area contributed by atoms with Gasteiger partial charge in [0.2, 0.25) is 0 Å². The van der Waals surface area contributed by atoms with Crippen molar-refractivity contribution in [3.05, 3.63) is 0 Å². The van der Waals surface area contributed by atoms with Gasteiger partial charge in [-0.2, -0.15) is 8.42 Å². The van der Waals surface area contributed by atoms with Crippen LogP contribution in [0.3, 0.4) is 0 Å². The van der Waals surface area contributed by atoms with Gasteiger partial charge in [-0.1, -0.05) is 15.9 Å². The summed E-state index contributed by atoms with van der Waals surface area (Å²) in [5.74, 6) is 0.0509. The Morgan fingerprint density at radius 1 is 1.50 bits per heavy atom. The lowest BCUT2D eigenvalue weighted by Gasteiger charge is -1.99. The Balaban J connectivity index is 3.49. The first-order valence-corrected chi connectivity index (χ1v) is 5.75. The highest BCUT2D eigenvalue weighted by molar-refractivity contribution is 9.09. The second-order valence-corrected chi connectivity index (χ2v) is 4.43. The molecule has 0 aliphatic heterocycles. The van der Waals surface area contributed by atoms with Crippen molar-refractivity contribution < 1.29 is 12.6 Å². The molecular formula is C5H11BrO3S. The minimum Gasteiger partial charge on any atom is -0.270 e. The summed E-state index contributed by atoms with van der Waals surface area (Å²) in [5, 5.41) is 0.770. The first-order valence-electron chi connectivity index (χ1n) is 3.05. The molecule has 0 rings (SSSR count). The van der Waals surface area contributed by atoms with Crippen molar-refractivity contribution in [2.75, 3.05) is 17.7 Å². The zero-order chi connectivity index (χ0) is 8.04. The molecule has 0 aliphatic carbocycles. The molecule has 0 spiro atoms. The van der Waals surface area contributed by atoms with E-state index in [-0.39, 0.29) is 12.4 Å². The van der Waals surface area contributed by atoms with Gasteiger partial charge in [0.1, 0.15) is 0 Å². The van der Waals surface area contributed by atoms with Crippen molar-refractivity contribution in [3.63, 3.8) is 0 Å². The van der Waals surface area contributed by atoms with E-state index in [1.165, 1.54) is 0 Å². The van der Waals surface area contributed by atoms with Gasteiger partial charge in [0.25, 0.3) is 10.1 Å². The van der Waals surface area contributed by atoms with Crippen LogP contribution in [0.1, 0.15) is 13.3 Å². The van der Waals surface area contributed by atoms with Crippen LogP contribution in [0, 0.1) is 0 Å². The zero-order valence-electron chi connectivity index (χ0n) is 5.84. The molecule has 0 saturated carbocycles. The van der Waals surface area contributed by atoms with Gasteiger partial charge in [0.15, 0.2) is 0 Å². The third-order valence-electron chi connectivity index (χ3n) is 0.894. The largest absolute Gasteiger partial charge is 0.270 e. The highest BCUT2D eigenvalue weighted by Crippen LogP contribution is 1.95. The molecule has 0 radical (unpaired) electrons. The highest BCUT2D eigenvalue weighted by Gasteiger charge is 2.05. The van der Waals surface area contributed by atoms with Gasteiger partial charge in [-0.05, 0) is 13.3 Å². The normalized spacial score (nSPS) is 11.8. The molecule has 0 heterocycles. The second-order valence-electron chi connectivity index (χ2n) is 1.71. The lowest BCUT2D eigenvalue weighted by molar-refractivity contribution is 0.320. The molecule has 10 heavy (non-hydrogen) atoms. The monoisotopic (exact) mass is 230 g/mol. The molecule has 0 aromatic rings. The van der Waals surface area contributed by atoms with Crippen LogP contribution < -0.4 is 0 Å². The molecule has 0 aromatic heterocycles. The van der Waals surface area contributed by atoms with Crippen molar-refractivity contribution in [2.45, 2.75) is 13.3 Å². The predicted octanol–water partition coefficient (Wildman–Crippen LogP) is 1.14. The van der Waals surface area contributed by atoms with E-state index in [0.717, 1.165) is 11.8 Å². The molecule has 0 fully saturated rings. The smallest absolute Gasteiger partial charge is 0.267 e. The van der Waals surface area contributed by atoms with E-state index in [9.17, 15) is 8.42 Å². The van der Waals surface area contributed by atoms with Crippen molar-refractivity contribution in [3.8, 4) is 0 Å². The Labute approximate surface area is 70.0 Å². The van der Waals surface area contributed by atoms with Crippen molar-refractivity contribution in [2.24, 2.45) is 0 Å². The number of rotatable bonds is 5. The molecule has 0 aliphatic rings. The molecule has 0 N–H and O–H groups in total. The molecule has 0 amide bonds. The summed E-state index contributed by atoms with van der Waals surface area (Å²) in [7, 11) is -3.21. The van der Waals surface area contributed by atoms with Crippen LogP contribution in [0.15, 0.2) is 0 Å². The Morgan fingerprint density at radius 3 is 2.50 bits per heavy atom. The van der Waals surface area contributed by atoms with E-state index < -0.39 is 10.1 Å². The van der Waals surface area contributed by atoms with E-state index in [1.54, 1.807) is 6.92 Å². The fourth-order valence-electron chi connectivity index (χ4n) is 0.324. The molecule has 0 bridgehead atoms. The van der Waals surface area contributed by atoms with Crippen molar-refractivity contribution in [1.29, 1.82) is 0 Å². The first-order chi connectivity index (χ1) is 4.62. The van der Waals surface area contributed by atoms with Gasteiger partial charge >= 0.3 is 0 Å². The Hall–Kier alpha value is 0.390. The van der Waals surface area contributed by atoms with E-state index in [1.807, 2.05) is 0 Å². The molecule has 0 aromatic carbocycles. The molecule has 62 valence electrons. The molecular weight excluding hydrogens is 220 g/mol. The van der Waals surface area contributed by atoms with E-state index in [0.29, 0.717) is 0 Å². The van der Waals surface area contributed by atoms with E-state index >= 15 is 0 Å². The minimum absolute atomic E-state index is 0.0509. The summed E-state index contributed by atoms with van der Waals surface area (Å²) in [6.45, 7) is 1.84. The summed E-state index contributed by atoms with van der Waals surface area (Å²) in [4.78, 5) is 0. The maximum absolute atomic E-state index is 10.6. The van der Waals surface area contributed by atoms with Crippen molar-refractivity contribution in [1.82, 2.24) is 0 Å². The SMILES string of the molecule is CCS(=O)(=O)OCCCBr. The summed E-state index contributed by atoms with van der Waals surface area (Å²) in [6, 6.07) is 0. The van der Waals surface area contributed by atoms with Crippen LogP contribution >= 0.6 is 15.9 Å². The third kappa shape index (κ3) is 5.20. The molecule has 0 atom stereocenters. The minimum atomic E-state index is -3.21. The van der Waals surface area contributed by atoms with Crippen molar-refractivity contribution >= 4 is 26.0 Å². The average Bonchev–Trinajstić information content (AvgIpc) is 1.89. The van der Waals surface area contributed by atoms with Crippen LogP contribution in [-0.2, 0) is 14.3 Å². The van der Waals surface area contributed by atoms with Gasteiger partial charge in [-0.25, -0.2) is 0 Å². The fraction of sp³-hybridized carbons (Fsp3) is 1.00. The fourth-order valence-corrected chi connectivity index (χ4v) is 1.09. The summed E-state index contributed by atoms with van der Waals surface area (Å²) >= 11 is 3.16. The van der Waals surface area contributed by atoms with Gasteiger partial charge in [-0.3, -0.25) is 4.18 Å². The van der Waals surface area contributed by atoms with E-state index in [4.69, 9.17) is 0 Å². The summed E-state index contributed by atoms with van der Waals surface area (Å²) in [5.41, 5.74) is 0. The molecule has 3 nitrogen and oxygen atoms in total. The number of halogens is 1. The average molecular weight is 231 g/mol. The van der Waals surface area contributed by atoms with Crippen LogP contribution in [0.4, 0.5) is 0 Å². The van der Waals surface area contributed by atoms with Crippen LogP contribution in [0.5, 0.6) is 0 Å².